The summed E-state index contributed by atoms with van der Waals surface area (Å²) in [6, 6.07) is 31.1. The Kier molecular flexibility index (Phi) is 6.25. The number of nitrogens with zero attached hydrogens (tertiary/aromatic N) is 2. The molecule has 2 heterocycles. The molecule has 0 fully saturated rings. The molecular weight excluding hydrogens is 585 g/mol. The second-order valence-corrected chi connectivity index (χ2v) is 7.09. The van der Waals surface area contributed by atoms with Crippen LogP contribution in [0.4, 0.5) is 8.78 Å². The molecule has 5 aromatic rings. The van der Waals surface area contributed by atoms with Crippen LogP contribution in [0, 0.1) is 12.1 Å². The zero-order valence-electron chi connectivity index (χ0n) is 16.7. The maximum absolute atomic E-state index is 14.6. The van der Waals surface area contributed by atoms with E-state index >= 15 is 0 Å². The summed E-state index contributed by atoms with van der Waals surface area (Å²) in [6.07, 6.45) is 3.44. The first kappa shape index (κ1) is 22.0. The fraction of sp³-hybridized carbons (Fsp3) is 0.0370. The largest absolute Gasteiger partial charge is 2.00 e. The molecule has 0 saturated heterocycles. The molecule has 5 heteroatoms. The molecule has 0 saturated carbocycles. The molecule has 32 heavy (non-hydrogen) atoms. The van der Waals surface area contributed by atoms with Gasteiger partial charge in [0.2, 0.25) is 0 Å². The predicted octanol–water partition coefficient (Wildman–Crippen LogP) is 6.70. The van der Waals surface area contributed by atoms with Crippen molar-refractivity contribution in [1.29, 1.82) is 0 Å². The first-order valence-corrected chi connectivity index (χ1v) is 9.82. The SMILES string of the molecule is FC1(F)c2ccc[c-]c2-c2nccc3cccc1c23.[Pt+2].[c-]1ccccc1-c1ccccn1. The van der Waals surface area contributed by atoms with Crippen LogP contribution in [0.5, 0.6) is 0 Å². The van der Waals surface area contributed by atoms with Crippen molar-refractivity contribution in [3.63, 3.8) is 0 Å². The van der Waals surface area contributed by atoms with E-state index in [-0.39, 0.29) is 32.2 Å². The molecule has 2 aromatic heterocycles. The number of alkyl halides is 2. The van der Waals surface area contributed by atoms with Crippen LogP contribution < -0.4 is 0 Å². The van der Waals surface area contributed by atoms with Crippen molar-refractivity contribution < 1.29 is 29.8 Å². The maximum Gasteiger partial charge on any atom is 2.00 e. The third-order valence-electron chi connectivity index (χ3n) is 5.21. The van der Waals surface area contributed by atoms with Gasteiger partial charge in [-0.3, -0.25) is 0 Å². The normalized spacial score (nSPS) is 12.7. The van der Waals surface area contributed by atoms with Gasteiger partial charge in [-0.05, 0) is 34.3 Å². The summed E-state index contributed by atoms with van der Waals surface area (Å²) < 4.78 is 29.2. The van der Waals surface area contributed by atoms with Gasteiger partial charge in [0.25, 0.3) is 5.92 Å². The van der Waals surface area contributed by atoms with E-state index in [2.05, 4.69) is 22.1 Å². The first-order chi connectivity index (χ1) is 15.2. The van der Waals surface area contributed by atoms with E-state index in [1.54, 1.807) is 36.7 Å². The van der Waals surface area contributed by atoms with Crippen molar-refractivity contribution in [2.45, 2.75) is 5.92 Å². The standard InChI is InChI=1S/C16H8F2N.C11H8N.Pt/c17-16(18)12-6-2-1-5-11(12)15-14-10(8-9-19-15)4-3-7-13(14)16;1-2-6-10(7-3-1)11-8-4-5-9-12-11;/h1-4,6-9H;1-6,8-9H;/q2*-1;+2. The van der Waals surface area contributed by atoms with Crippen LogP contribution in [0.2, 0.25) is 0 Å². The van der Waals surface area contributed by atoms with Crippen molar-refractivity contribution in [2.75, 3.05) is 0 Å². The van der Waals surface area contributed by atoms with Crippen molar-refractivity contribution in [3.05, 3.63) is 121 Å². The second kappa shape index (κ2) is 9.10. The topological polar surface area (TPSA) is 25.8 Å². The van der Waals surface area contributed by atoms with Gasteiger partial charge in [-0.2, -0.15) is 0 Å². The van der Waals surface area contributed by atoms with E-state index in [9.17, 15) is 8.78 Å². The van der Waals surface area contributed by atoms with E-state index < -0.39 is 5.92 Å². The summed E-state index contributed by atoms with van der Waals surface area (Å²) in [5, 5.41) is 1.31. The molecule has 1 aliphatic rings. The zero-order chi connectivity index (χ0) is 21.3. The minimum absolute atomic E-state index is 0. The van der Waals surface area contributed by atoms with E-state index in [1.807, 2.05) is 48.5 Å². The predicted molar refractivity (Wildman–Crippen MR) is 118 cm³/mol. The van der Waals surface area contributed by atoms with Gasteiger partial charge in [0.15, 0.2) is 0 Å². The van der Waals surface area contributed by atoms with E-state index in [4.69, 9.17) is 0 Å². The Balaban J connectivity index is 0.000000164. The number of fused-ring (bicyclic) bond motifs is 2. The molecule has 0 amide bonds. The molecule has 2 nitrogen and oxygen atoms in total. The Labute approximate surface area is 199 Å². The summed E-state index contributed by atoms with van der Waals surface area (Å²) in [4.78, 5) is 8.50. The first-order valence-electron chi connectivity index (χ1n) is 9.82. The van der Waals surface area contributed by atoms with Gasteiger partial charge in [-0.1, -0.05) is 35.9 Å². The number of rotatable bonds is 1. The van der Waals surface area contributed by atoms with Crippen LogP contribution in [0.15, 0.2) is 97.3 Å². The van der Waals surface area contributed by atoms with Gasteiger partial charge in [-0.25, -0.2) is 8.78 Å². The summed E-state index contributed by atoms with van der Waals surface area (Å²) in [7, 11) is 0. The van der Waals surface area contributed by atoms with Gasteiger partial charge in [0.1, 0.15) is 0 Å². The maximum atomic E-state index is 14.6. The number of hydrogen-bond donors (Lipinski definition) is 0. The Morgan fingerprint density at radius 3 is 2.28 bits per heavy atom. The van der Waals surface area contributed by atoms with Crippen LogP contribution in [-0.4, -0.2) is 9.97 Å². The van der Waals surface area contributed by atoms with E-state index in [1.165, 1.54) is 12.1 Å². The molecule has 0 radical (unpaired) electrons. The molecule has 6 rings (SSSR count). The van der Waals surface area contributed by atoms with Crippen molar-refractivity contribution >= 4 is 10.8 Å². The number of benzene rings is 3. The summed E-state index contributed by atoms with van der Waals surface area (Å²) in [5.41, 5.74) is 3.01. The molecule has 0 atom stereocenters. The quantitative estimate of drug-likeness (QED) is 0.200. The van der Waals surface area contributed by atoms with Crippen LogP contribution in [0.1, 0.15) is 11.1 Å². The summed E-state index contributed by atoms with van der Waals surface area (Å²) in [6.45, 7) is 0. The van der Waals surface area contributed by atoms with Crippen LogP contribution in [0.25, 0.3) is 33.3 Å². The Morgan fingerprint density at radius 2 is 1.50 bits per heavy atom. The second-order valence-electron chi connectivity index (χ2n) is 7.09. The van der Waals surface area contributed by atoms with Crippen molar-refractivity contribution in [3.8, 4) is 22.5 Å². The van der Waals surface area contributed by atoms with Gasteiger partial charge < -0.3 is 9.97 Å². The molecule has 1 aliphatic carbocycles. The minimum atomic E-state index is -3.00. The third kappa shape index (κ3) is 3.87. The number of pyridine rings is 2. The number of aromatic nitrogens is 2. The van der Waals surface area contributed by atoms with Gasteiger partial charge in [0.05, 0.1) is 0 Å². The smallest absolute Gasteiger partial charge is 0.305 e. The molecule has 3 aromatic carbocycles. The molecule has 158 valence electrons. The monoisotopic (exact) mass is 601 g/mol. The molecular formula is C27H16F2N2Pt. The van der Waals surface area contributed by atoms with Crippen molar-refractivity contribution in [2.24, 2.45) is 0 Å². The van der Waals surface area contributed by atoms with Gasteiger partial charge >= 0.3 is 21.1 Å². The van der Waals surface area contributed by atoms with Gasteiger partial charge in [-0.15, -0.1) is 65.7 Å². The Morgan fingerprint density at radius 1 is 0.688 bits per heavy atom. The van der Waals surface area contributed by atoms with Crippen LogP contribution in [0.3, 0.4) is 0 Å². The van der Waals surface area contributed by atoms with Gasteiger partial charge in [0, 0.05) is 18.0 Å². The summed E-state index contributed by atoms with van der Waals surface area (Å²) >= 11 is 0. The van der Waals surface area contributed by atoms with Crippen molar-refractivity contribution in [1.82, 2.24) is 9.97 Å². The average molecular weight is 602 g/mol. The molecule has 0 aliphatic heterocycles. The molecule has 0 N–H and O–H groups in total. The zero-order valence-corrected chi connectivity index (χ0v) is 19.0. The van der Waals surface area contributed by atoms with Crippen LogP contribution in [-0.2, 0) is 27.0 Å². The fourth-order valence-corrected chi connectivity index (χ4v) is 3.80. The Hall–Kier alpha value is -3.23. The minimum Gasteiger partial charge on any atom is -0.305 e. The van der Waals surface area contributed by atoms with E-state index in [0.29, 0.717) is 16.6 Å². The van der Waals surface area contributed by atoms with Crippen LogP contribution >= 0.6 is 0 Å². The third-order valence-corrected chi connectivity index (χ3v) is 5.21. The Bertz CT molecular complexity index is 1310. The fourth-order valence-electron chi connectivity index (χ4n) is 3.80. The molecule has 0 spiro atoms. The number of halogens is 2. The van der Waals surface area contributed by atoms with E-state index in [0.717, 1.165) is 16.6 Å². The average Bonchev–Trinajstić information content (AvgIpc) is 2.84. The summed E-state index contributed by atoms with van der Waals surface area (Å²) in [5.74, 6) is -3.00. The number of hydrogen-bond acceptors (Lipinski definition) is 2. The molecule has 0 unspecified atom stereocenters. The molecule has 0 bridgehead atoms.